The molecular formula is C72H47B2N5O. The average Bonchev–Trinajstić information content (AvgIpc) is 3.95. The van der Waals surface area contributed by atoms with Gasteiger partial charge in [0, 0.05) is 85.5 Å². The summed E-state index contributed by atoms with van der Waals surface area (Å²) >= 11 is 0. The van der Waals surface area contributed by atoms with Crippen molar-refractivity contribution in [2.24, 2.45) is 0 Å². The summed E-state index contributed by atoms with van der Waals surface area (Å²) in [6.07, 6.45) is 0. The molecule has 0 amide bonds. The quantitative estimate of drug-likeness (QED) is 0.148. The van der Waals surface area contributed by atoms with Gasteiger partial charge in [-0.1, -0.05) is 170 Å². The molecular weight excluding hydrogens is 972 g/mol. The molecule has 80 heavy (non-hydrogen) atoms. The van der Waals surface area contributed by atoms with E-state index in [4.69, 9.17) is 4.74 Å². The van der Waals surface area contributed by atoms with Gasteiger partial charge in [0.25, 0.3) is 13.4 Å². The highest BCUT2D eigenvalue weighted by Gasteiger charge is 2.48. The Labute approximate surface area is 465 Å². The van der Waals surface area contributed by atoms with E-state index in [2.05, 4.69) is 309 Å². The fourth-order valence-electron chi connectivity index (χ4n) is 13.7. The van der Waals surface area contributed by atoms with Gasteiger partial charge in [0.1, 0.15) is 11.5 Å². The number of aromatic nitrogens is 1. The molecule has 0 saturated carbocycles. The molecule has 0 saturated heterocycles. The molecule has 0 radical (unpaired) electrons. The van der Waals surface area contributed by atoms with Crippen LogP contribution in [0.2, 0.25) is 0 Å². The first-order valence-electron chi connectivity index (χ1n) is 27.6. The van der Waals surface area contributed by atoms with Crippen molar-refractivity contribution < 1.29 is 4.74 Å². The number of para-hydroxylation sites is 9. The molecule has 17 rings (SSSR count). The Kier molecular flexibility index (Phi) is 9.80. The minimum Gasteiger partial charge on any atom is -0.458 e. The second-order valence-electron chi connectivity index (χ2n) is 21.2. The molecule has 13 aromatic rings. The smallest absolute Gasteiger partial charge is 0.256 e. The van der Waals surface area contributed by atoms with E-state index in [0.717, 1.165) is 96.4 Å². The number of benzene rings is 12. The Morgan fingerprint density at radius 3 is 1.23 bits per heavy atom. The van der Waals surface area contributed by atoms with Gasteiger partial charge in [-0.15, -0.1) is 0 Å². The number of rotatable bonds is 7. The van der Waals surface area contributed by atoms with Gasteiger partial charge >= 0.3 is 0 Å². The third kappa shape index (κ3) is 6.56. The van der Waals surface area contributed by atoms with E-state index in [-0.39, 0.29) is 13.4 Å². The Balaban J connectivity index is 0.958. The fourth-order valence-corrected chi connectivity index (χ4v) is 13.7. The van der Waals surface area contributed by atoms with Crippen LogP contribution < -0.4 is 57.1 Å². The van der Waals surface area contributed by atoms with Crippen molar-refractivity contribution in [2.45, 2.75) is 0 Å². The molecule has 4 aliphatic heterocycles. The Bertz CT molecular complexity index is 4520. The zero-order chi connectivity index (χ0) is 52.4. The Morgan fingerprint density at radius 1 is 0.275 bits per heavy atom. The standard InChI is InChI=1S/C72H47B2N5O/c1-6-24-48(25-7-1)75(49-26-8-2-9-27-49)54-44-68-72-70(45-54)80-69-47-65-59(46-60(69)74(72)58-37-19-23-41-64(58)77(68)51-30-12-4-13-31-51)73-57-36-18-22-40-63(57)76(50-28-10-3-11-29-50)66-42-53(43-67(71(66)73)78(65)52-32-14-5-15-33-52)79-61-38-20-16-34-55(61)56-35-17-21-39-62(56)79/h1-47H. The van der Waals surface area contributed by atoms with Crippen LogP contribution >= 0.6 is 0 Å². The van der Waals surface area contributed by atoms with Gasteiger partial charge in [-0.25, -0.2) is 0 Å². The molecule has 0 atom stereocenters. The van der Waals surface area contributed by atoms with Gasteiger partial charge < -0.3 is 28.9 Å². The van der Waals surface area contributed by atoms with Crippen LogP contribution in [0.1, 0.15) is 0 Å². The number of nitrogens with zero attached hydrogens (tertiary/aromatic N) is 5. The maximum Gasteiger partial charge on any atom is 0.256 e. The van der Waals surface area contributed by atoms with Crippen LogP contribution in [0.5, 0.6) is 11.5 Å². The minimum atomic E-state index is -0.149. The van der Waals surface area contributed by atoms with E-state index < -0.39 is 0 Å². The molecule has 4 aliphatic rings. The van der Waals surface area contributed by atoms with Crippen molar-refractivity contribution in [1.29, 1.82) is 0 Å². The molecule has 372 valence electrons. The molecule has 12 aromatic carbocycles. The number of anilines is 12. The summed E-state index contributed by atoms with van der Waals surface area (Å²) in [5, 5.41) is 2.45. The molecule has 6 nitrogen and oxygen atoms in total. The van der Waals surface area contributed by atoms with Crippen LogP contribution in [0.25, 0.3) is 27.5 Å². The molecule has 0 aliphatic carbocycles. The number of hydrogen-bond acceptors (Lipinski definition) is 5. The predicted molar refractivity (Wildman–Crippen MR) is 335 cm³/mol. The number of fused-ring (bicyclic) bond motifs is 11. The van der Waals surface area contributed by atoms with Gasteiger partial charge in [0.05, 0.1) is 22.4 Å². The maximum atomic E-state index is 7.66. The van der Waals surface area contributed by atoms with Gasteiger partial charge in [-0.3, -0.25) is 0 Å². The summed E-state index contributed by atoms with van der Waals surface area (Å²) in [4.78, 5) is 9.81. The van der Waals surface area contributed by atoms with E-state index in [1.807, 2.05) is 0 Å². The predicted octanol–water partition coefficient (Wildman–Crippen LogP) is 14.7. The molecule has 1 aromatic heterocycles. The summed E-state index contributed by atoms with van der Waals surface area (Å²) in [6.45, 7) is -0.277. The first-order chi connectivity index (χ1) is 39.7. The number of ether oxygens (including phenoxy) is 1. The summed E-state index contributed by atoms with van der Waals surface area (Å²) in [5.41, 5.74) is 23.9. The molecule has 0 fully saturated rings. The Morgan fingerprint density at radius 2 is 0.700 bits per heavy atom. The maximum absolute atomic E-state index is 7.66. The Hall–Kier alpha value is -10.4. The van der Waals surface area contributed by atoms with Crippen molar-refractivity contribution in [3.63, 3.8) is 0 Å². The lowest BCUT2D eigenvalue weighted by molar-refractivity contribution is 0.488. The summed E-state index contributed by atoms with van der Waals surface area (Å²) < 4.78 is 10.1. The highest BCUT2D eigenvalue weighted by Crippen LogP contribution is 2.50. The summed E-state index contributed by atoms with van der Waals surface area (Å²) in [6, 6.07) is 104. The average molecular weight is 1020 g/mol. The van der Waals surface area contributed by atoms with Crippen LogP contribution in [0.4, 0.5) is 68.2 Å². The number of hydrogen-bond donors (Lipinski definition) is 0. The normalized spacial score (nSPS) is 13.2. The largest absolute Gasteiger partial charge is 0.458 e. The van der Waals surface area contributed by atoms with Gasteiger partial charge in [-0.2, -0.15) is 0 Å². The van der Waals surface area contributed by atoms with Gasteiger partial charge in [0.15, 0.2) is 0 Å². The van der Waals surface area contributed by atoms with Crippen molar-refractivity contribution in [3.05, 3.63) is 285 Å². The van der Waals surface area contributed by atoms with Crippen molar-refractivity contribution in [3.8, 4) is 17.2 Å². The molecule has 0 spiro atoms. The van der Waals surface area contributed by atoms with E-state index >= 15 is 0 Å². The second-order valence-corrected chi connectivity index (χ2v) is 21.2. The third-order valence-corrected chi connectivity index (χ3v) is 16.9. The minimum absolute atomic E-state index is 0.128. The second kappa shape index (κ2) is 17.5. The third-order valence-electron chi connectivity index (χ3n) is 16.9. The molecule has 5 heterocycles. The molecule has 0 bridgehead atoms. The fraction of sp³-hybridized carbons (Fsp3) is 0. The van der Waals surface area contributed by atoms with Gasteiger partial charge in [-0.05, 0) is 136 Å². The molecule has 8 heteroatoms. The van der Waals surface area contributed by atoms with E-state index in [9.17, 15) is 0 Å². The van der Waals surface area contributed by atoms with Crippen LogP contribution in [-0.4, -0.2) is 18.0 Å². The van der Waals surface area contributed by atoms with Crippen molar-refractivity contribution in [2.75, 3.05) is 19.6 Å². The van der Waals surface area contributed by atoms with Crippen molar-refractivity contribution in [1.82, 2.24) is 4.57 Å². The van der Waals surface area contributed by atoms with Crippen molar-refractivity contribution >= 4 is 136 Å². The topological polar surface area (TPSA) is 27.1 Å². The van der Waals surface area contributed by atoms with E-state index in [0.29, 0.717) is 0 Å². The van der Waals surface area contributed by atoms with Crippen LogP contribution in [0.15, 0.2) is 285 Å². The SMILES string of the molecule is c1ccc(N(c2ccccc2)c2cc3c4c(c2)N(c2ccccc2)c2ccccc2B4c2cc4c(cc2O3)N(c2ccccc2)c2cc(-n3c5ccccc5c5ccccc53)cc3c2B4c2ccccc2N3c2ccccc2)cc1. The zero-order valence-electron chi connectivity index (χ0n) is 43.4. The van der Waals surface area contributed by atoms with Crippen LogP contribution in [-0.2, 0) is 0 Å². The first-order valence-corrected chi connectivity index (χ1v) is 27.6. The van der Waals surface area contributed by atoms with Crippen LogP contribution in [0, 0.1) is 0 Å². The zero-order valence-corrected chi connectivity index (χ0v) is 43.4. The lowest BCUT2D eigenvalue weighted by atomic mass is 9.30. The first kappa shape index (κ1) is 44.7. The summed E-state index contributed by atoms with van der Waals surface area (Å²) in [7, 11) is 0. The summed E-state index contributed by atoms with van der Waals surface area (Å²) in [5.74, 6) is 1.68. The monoisotopic (exact) mass is 1020 g/mol. The lowest BCUT2D eigenvalue weighted by Gasteiger charge is -2.45. The van der Waals surface area contributed by atoms with Crippen LogP contribution in [0.3, 0.4) is 0 Å². The lowest BCUT2D eigenvalue weighted by Crippen LogP contribution is -2.64. The molecule has 0 N–H and O–H groups in total. The highest BCUT2D eigenvalue weighted by molar-refractivity contribution is 7.02. The van der Waals surface area contributed by atoms with E-state index in [1.54, 1.807) is 0 Å². The molecule has 0 unspecified atom stereocenters. The highest BCUT2D eigenvalue weighted by atomic mass is 16.5. The van der Waals surface area contributed by atoms with E-state index in [1.165, 1.54) is 43.7 Å². The van der Waals surface area contributed by atoms with Gasteiger partial charge in [0.2, 0.25) is 0 Å².